The first-order valence-electron chi connectivity index (χ1n) is 13.8. The smallest absolute Gasteiger partial charge is 0.250 e. The van der Waals surface area contributed by atoms with Gasteiger partial charge in [-0.25, -0.2) is 10.9 Å². The summed E-state index contributed by atoms with van der Waals surface area (Å²) in [5.74, 6) is 3.24. The molecule has 45 heavy (non-hydrogen) atoms. The molecule has 1 heterocycles. The maximum absolute atomic E-state index is 5.48. The average molecular weight is 605 g/mol. The lowest BCUT2D eigenvalue weighted by Crippen LogP contribution is -2.16. The van der Waals surface area contributed by atoms with Crippen LogP contribution in [0.1, 0.15) is 11.1 Å². The van der Waals surface area contributed by atoms with Crippen molar-refractivity contribution < 1.29 is 18.9 Å². The van der Waals surface area contributed by atoms with E-state index in [2.05, 4.69) is 26.0 Å². The predicted molar refractivity (Wildman–Crippen MR) is 176 cm³/mol. The van der Waals surface area contributed by atoms with Crippen LogP contribution in [0.5, 0.6) is 23.0 Å². The Bertz CT molecular complexity index is 1640. The SMILES string of the molecule is COc1ccc(/C=N/Nc2nc(N/N=C/c3ccc(OC)cc3OC)nc(N(c3ccccc3)c3ccccc3)n2)c(OC)c1. The fraction of sp³-hybridized carbons (Fsp3) is 0.121. The monoisotopic (exact) mass is 604 g/mol. The molecule has 0 aliphatic rings. The second-order valence-electron chi connectivity index (χ2n) is 9.24. The van der Waals surface area contributed by atoms with E-state index >= 15 is 0 Å². The summed E-state index contributed by atoms with van der Waals surface area (Å²) < 4.78 is 21.5. The van der Waals surface area contributed by atoms with Gasteiger partial charge in [-0.3, -0.25) is 4.90 Å². The fourth-order valence-electron chi connectivity index (χ4n) is 4.27. The van der Waals surface area contributed by atoms with Crippen molar-refractivity contribution in [2.45, 2.75) is 0 Å². The number of benzene rings is 4. The van der Waals surface area contributed by atoms with Gasteiger partial charge in [-0.1, -0.05) is 36.4 Å². The molecular formula is C33H32N8O4. The zero-order chi connectivity index (χ0) is 31.4. The summed E-state index contributed by atoms with van der Waals surface area (Å²) >= 11 is 0. The number of hydrogen-bond acceptors (Lipinski definition) is 12. The van der Waals surface area contributed by atoms with Crippen molar-refractivity contribution in [3.63, 3.8) is 0 Å². The Labute approximate surface area is 261 Å². The van der Waals surface area contributed by atoms with Gasteiger partial charge in [-0.05, 0) is 48.5 Å². The Balaban J connectivity index is 1.50. The standard InChI is InChI=1S/C33H32N8O4/c1-42-27-17-15-23(29(19-27)44-3)21-34-39-31-36-32(40-35-22-24-16-18-28(43-2)20-30(24)45-4)38-33(37-31)41(25-11-7-5-8-12-25)26-13-9-6-10-14-26/h5-22H,1-4H3,(H2,36,37,38,39,40)/b34-21+,35-22+. The third-order valence-corrected chi connectivity index (χ3v) is 6.47. The van der Waals surface area contributed by atoms with Crippen LogP contribution in [0.2, 0.25) is 0 Å². The van der Waals surface area contributed by atoms with Gasteiger partial charge in [0.25, 0.3) is 0 Å². The van der Waals surface area contributed by atoms with Gasteiger partial charge in [0.05, 0.1) is 40.9 Å². The second-order valence-corrected chi connectivity index (χ2v) is 9.24. The van der Waals surface area contributed by atoms with Gasteiger partial charge < -0.3 is 18.9 Å². The summed E-state index contributed by atoms with van der Waals surface area (Å²) in [6.45, 7) is 0. The molecule has 2 N–H and O–H groups in total. The van der Waals surface area contributed by atoms with E-state index < -0.39 is 0 Å². The number of methoxy groups -OCH3 is 4. The van der Waals surface area contributed by atoms with E-state index in [1.807, 2.05) is 89.8 Å². The van der Waals surface area contributed by atoms with Crippen LogP contribution in [-0.4, -0.2) is 55.8 Å². The Hall–Kier alpha value is -6.17. The third-order valence-electron chi connectivity index (χ3n) is 6.47. The summed E-state index contributed by atoms with van der Waals surface area (Å²) in [6.07, 6.45) is 3.21. The van der Waals surface area contributed by atoms with E-state index in [9.17, 15) is 0 Å². The van der Waals surface area contributed by atoms with E-state index in [4.69, 9.17) is 28.9 Å². The number of nitrogens with one attached hydrogen (secondary N) is 2. The van der Waals surface area contributed by atoms with Crippen molar-refractivity contribution in [1.82, 2.24) is 15.0 Å². The highest BCUT2D eigenvalue weighted by molar-refractivity contribution is 5.85. The number of rotatable bonds is 13. The molecule has 1 aromatic heterocycles. The molecule has 5 rings (SSSR count). The summed E-state index contributed by atoms with van der Waals surface area (Å²) in [5, 5.41) is 8.74. The van der Waals surface area contributed by atoms with Crippen LogP contribution in [0, 0.1) is 0 Å². The normalized spacial score (nSPS) is 10.9. The lowest BCUT2D eigenvalue weighted by molar-refractivity contribution is 0.393. The molecule has 0 unspecified atom stereocenters. The quantitative estimate of drug-likeness (QED) is 0.117. The molecule has 0 radical (unpaired) electrons. The molecule has 0 saturated carbocycles. The Morgan fingerprint density at radius 3 is 1.40 bits per heavy atom. The van der Waals surface area contributed by atoms with Gasteiger partial charge in [0.1, 0.15) is 23.0 Å². The van der Waals surface area contributed by atoms with Crippen LogP contribution >= 0.6 is 0 Å². The third kappa shape index (κ3) is 7.62. The Kier molecular flexibility index (Phi) is 9.98. The van der Waals surface area contributed by atoms with Gasteiger partial charge in [0.15, 0.2) is 0 Å². The van der Waals surface area contributed by atoms with Crippen LogP contribution in [0.25, 0.3) is 0 Å². The van der Waals surface area contributed by atoms with E-state index in [1.165, 1.54) is 0 Å². The van der Waals surface area contributed by atoms with Crippen LogP contribution in [-0.2, 0) is 0 Å². The molecule has 0 saturated heterocycles. The van der Waals surface area contributed by atoms with Crippen molar-refractivity contribution in [3.05, 3.63) is 108 Å². The minimum absolute atomic E-state index is 0.181. The first-order valence-corrected chi connectivity index (χ1v) is 13.8. The molecule has 0 atom stereocenters. The molecule has 0 aliphatic heterocycles. The van der Waals surface area contributed by atoms with Gasteiger partial charge in [0, 0.05) is 34.6 Å². The van der Waals surface area contributed by atoms with Crippen molar-refractivity contribution >= 4 is 41.6 Å². The second kappa shape index (κ2) is 14.8. The van der Waals surface area contributed by atoms with Crippen molar-refractivity contribution in [3.8, 4) is 23.0 Å². The lowest BCUT2D eigenvalue weighted by atomic mass is 10.2. The zero-order valence-electron chi connectivity index (χ0n) is 25.2. The molecular weight excluding hydrogens is 572 g/mol. The largest absolute Gasteiger partial charge is 0.497 e. The minimum Gasteiger partial charge on any atom is -0.497 e. The number of para-hydroxylation sites is 2. The number of aromatic nitrogens is 3. The maximum Gasteiger partial charge on any atom is 0.250 e. The molecule has 0 spiro atoms. The molecule has 12 nitrogen and oxygen atoms in total. The topological polar surface area (TPSA) is 128 Å². The van der Waals surface area contributed by atoms with Crippen LogP contribution in [0.4, 0.5) is 29.2 Å². The Morgan fingerprint density at radius 1 is 0.556 bits per heavy atom. The van der Waals surface area contributed by atoms with Crippen molar-refractivity contribution in [2.75, 3.05) is 44.2 Å². The van der Waals surface area contributed by atoms with Crippen molar-refractivity contribution in [2.24, 2.45) is 10.2 Å². The molecule has 4 aromatic carbocycles. The van der Waals surface area contributed by atoms with E-state index in [0.29, 0.717) is 28.9 Å². The first-order chi connectivity index (χ1) is 22.1. The molecule has 228 valence electrons. The highest BCUT2D eigenvalue weighted by Gasteiger charge is 2.18. The molecule has 0 fully saturated rings. The predicted octanol–water partition coefficient (Wildman–Crippen LogP) is 6.27. The molecule has 12 heteroatoms. The number of hydrazone groups is 2. The highest BCUT2D eigenvalue weighted by Crippen LogP contribution is 2.32. The highest BCUT2D eigenvalue weighted by atomic mass is 16.5. The minimum atomic E-state index is 0.181. The molecule has 5 aromatic rings. The number of hydrogen-bond donors (Lipinski definition) is 2. The summed E-state index contributed by atoms with van der Waals surface area (Å²) in [7, 11) is 6.36. The van der Waals surface area contributed by atoms with Crippen LogP contribution in [0.3, 0.4) is 0 Å². The number of nitrogens with zero attached hydrogens (tertiary/aromatic N) is 6. The van der Waals surface area contributed by atoms with Gasteiger partial charge >= 0.3 is 0 Å². The maximum atomic E-state index is 5.48. The van der Waals surface area contributed by atoms with Crippen molar-refractivity contribution in [1.29, 1.82) is 0 Å². The lowest BCUT2D eigenvalue weighted by Gasteiger charge is -2.23. The van der Waals surface area contributed by atoms with Crippen LogP contribution in [0.15, 0.2) is 107 Å². The van der Waals surface area contributed by atoms with Gasteiger partial charge in [-0.15, -0.1) is 0 Å². The summed E-state index contributed by atoms with van der Waals surface area (Å²) in [4.78, 5) is 15.8. The molecule has 0 bridgehead atoms. The van der Waals surface area contributed by atoms with E-state index in [-0.39, 0.29) is 11.9 Å². The summed E-state index contributed by atoms with van der Waals surface area (Å²) in [6, 6.07) is 30.4. The van der Waals surface area contributed by atoms with Crippen LogP contribution < -0.4 is 34.7 Å². The average Bonchev–Trinajstić information content (AvgIpc) is 3.09. The zero-order valence-corrected chi connectivity index (χ0v) is 25.2. The van der Waals surface area contributed by atoms with Gasteiger partial charge in [-0.2, -0.15) is 25.2 Å². The first kappa shape index (κ1) is 30.3. The Morgan fingerprint density at radius 2 is 1.00 bits per heavy atom. The van der Waals surface area contributed by atoms with Gasteiger partial charge in [0.2, 0.25) is 17.8 Å². The van der Waals surface area contributed by atoms with E-state index in [1.54, 1.807) is 53.0 Å². The number of anilines is 5. The molecule has 0 amide bonds. The van der Waals surface area contributed by atoms with E-state index in [0.717, 1.165) is 22.5 Å². The molecule has 0 aliphatic carbocycles. The number of ether oxygens (including phenoxy) is 4. The summed E-state index contributed by atoms with van der Waals surface area (Å²) in [5.41, 5.74) is 9.00. The fourth-order valence-corrected chi connectivity index (χ4v) is 4.27.